The SMILES string of the molecule is Cc1nc(N2CCCC2)c2c(C)c(C(=O)NC(C)C(=O)N3CCCCC3)sc2n1. The minimum Gasteiger partial charge on any atom is -0.356 e. The number of thiophene rings is 1. The number of carbonyl (C=O) groups is 2. The number of fused-ring (bicyclic) bond motifs is 1. The Hall–Kier alpha value is -2.22. The molecule has 2 fully saturated rings. The molecule has 1 N–H and O–H groups in total. The lowest BCUT2D eigenvalue weighted by Gasteiger charge is -2.29. The standard InChI is InChI=1S/C21H29N5O2S/c1-13-16-18(25-9-7-8-10-25)23-15(3)24-20(16)29-17(13)19(27)22-14(2)21(28)26-11-5-4-6-12-26/h14H,4-12H2,1-3H3,(H,22,27). The monoisotopic (exact) mass is 415 g/mol. The molecule has 4 rings (SSSR count). The molecule has 1 unspecified atom stereocenters. The first-order chi connectivity index (χ1) is 14.0. The minimum atomic E-state index is -0.531. The van der Waals surface area contributed by atoms with Gasteiger partial charge in [0.2, 0.25) is 5.91 Å². The van der Waals surface area contributed by atoms with Gasteiger partial charge in [-0.2, -0.15) is 0 Å². The van der Waals surface area contributed by atoms with E-state index in [-0.39, 0.29) is 11.8 Å². The Balaban J connectivity index is 1.58. The number of amides is 2. The maximum Gasteiger partial charge on any atom is 0.262 e. The molecule has 8 heteroatoms. The summed E-state index contributed by atoms with van der Waals surface area (Å²) in [6, 6.07) is -0.531. The topological polar surface area (TPSA) is 78.4 Å². The highest BCUT2D eigenvalue weighted by Crippen LogP contribution is 2.36. The highest BCUT2D eigenvalue weighted by Gasteiger charge is 2.27. The molecule has 156 valence electrons. The van der Waals surface area contributed by atoms with Crippen LogP contribution in [0, 0.1) is 13.8 Å². The maximum absolute atomic E-state index is 13.0. The van der Waals surface area contributed by atoms with E-state index in [0.29, 0.717) is 4.88 Å². The van der Waals surface area contributed by atoms with Crippen LogP contribution in [0.5, 0.6) is 0 Å². The van der Waals surface area contributed by atoms with Crippen molar-refractivity contribution in [2.24, 2.45) is 0 Å². The van der Waals surface area contributed by atoms with Gasteiger partial charge in [-0.15, -0.1) is 11.3 Å². The second-order valence-electron chi connectivity index (χ2n) is 8.11. The molecular formula is C21H29N5O2S. The van der Waals surface area contributed by atoms with E-state index in [9.17, 15) is 9.59 Å². The molecular weight excluding hydrogens is 386 g/mol. The van der Waals surface area contributed by atoms with Crippen LogP contribution in [0.4, 0.5) is 5.82 Å². The number of hydrogen-bond acceptors (Lipinski definition) is 6. The van der Waals surface area contributed by atoms with E-state index in [1.807, 2.05) is 18.7 Å². The van der Waals surface area contributed by atoms with E-state index in [4.69, 9.17) is 4.98 Å². The zero-order valence-corrected chi connectivity index (χ0v) is 18.3. The number of rotatable bonds is 4. The second-order valence-corrected chi connectivity index (χ2v) is 9.11. The molecule has 2 saturated heterocycles. The van der Waals surface area contributed by atoms with Crippen LogP contribution in [-0.2, 0) is 4.79 Å². The van der Waals surface area contributed by atoms with E-state index < -0.39 is 6.04 Å². The van der Waals surface area contributed by atoms with Crippen LogP contribution in [0.2, 0.25) is 0 Å². The molecule has 2 aromatic heterocycles. The number of aromatic nitrogens is 2. The largest absolute Gasteiger partial charge is 0.356 e. The Morgan fingerprint density at radius 1 is 1.00 bits per heavy atom. The number of anilines is 1. The fourth-order valence-electron chi connectivity index (χ4n) is 4.31. The molecule has 29 heavy (non-hydrogen) atoms. The zero-order valence-electron chi connectivity index (χ0n) is 17.5. The third-order valence-electron chi connectivity index (χ3n) is 5.88. The summed E-state index contributed by atoms with van der Waals surface area (Å²) in [4.78, 5) is 40.6. The summed E-state index contributed by atoms with van der Waals surface area (Å²) in [5, 5.41) is 3.89. The number of nitrogens with zero attached hydrogens (tertiary/aromatic N) is 4. The fraction of sp³-hybridized carbons (Fsp3) is 0.619. The number of piperidine rings is 1. The summed E-state index contributed by atoms with van der Waals surface area (Å²) < 4.78 is 0. The van der Waals surface area contributed by atoms with Gasteiger partial charge in [0.1, 0.15) is 22.5 Å². The average Bonchev–Trinajstić information content (AvgIpc) is 3.36. The number of carbonyl (C=O) groups excluding carboxylic acids is 2. The molecule has 4 heterocycles. The third-order valence-corrected chi connectivity index (χ3v) is 7.06. The van der Waals surface area contributed by atoms with Gasteiger partial charge in [0.05, 0.1) is 10.3 Å². The van der Waals surface area contributed by atoms with Crippen LogP contribution in [-0.4, -0.2) is 58.9 Å². The molecule has 0 radical (unpaired) electrons. The summed E-state index contributed by atoms with van der Waals surface area (Å²) in [5.41, 5.74) is 0.905. The van der Waals surface area contributed by atoms with Crippen molar-refractivity contribution in [1.82, 2.24) is 20.2 Å². The van der Waals surface area contributed by atoms with Crippen molar-refractivity contribution in [3.63, 3.8) is 0 Å². The Labute approximate surface area is 175 Å². The van der Waals surface area contributed by atoms with Gasteiger partial charge in [0.25, 0.3) is 5.91 Å². The van der Waals surface area contributed by atoms with Crippen molar-refractivity contribution in [1.29, 1.82) is 0 Å². The maximum atomic E-state index is 13.0. The Bertz CT molecular complexity index is 929. The van der Waals surface area contributed by atoms with Crippen LogP contribution in [0.1, 0.15) is 60.1 Å². The van der Waals surface area contributed by atoms with E-state index in [1.54, 1.807) is 6.92 Å². The molecule has 2 amide bonds. The molecule has 0 aromatic carbocycles. The van der Waals surface area contributed by atoms with Crippen molar-refractivity contribution >= 4 is 39.2 Å². The van der Waals surface area contributed by atoms with Gasteiger partial charge < -0.3 is 15.1 Å². The predicted molar refractivity (Wildman–Crippen MR) is 116 cm³/mol. The van der Waals surface area contributed by atoms with E-state index in [0.717, 1.165) is 79.3 Å². The van der Waals surface area contributed by atoms with Gasteiger partial charge in [0, 0.05) is 26.2 Å². The van der Waals surface area contributed by atoms with Gasteiger partial charge in [-0.3, -0.25) is 9.59 Å². The smallest absolute Gasteiger partial charge is 0.262 e. The molecule has 7 nitrogen and oxygen atoms in total. The van der Waals surface area contributed by atoms with Crippen molar-refractivity contribution in [2.75, 3.05) is 31.1 Å². The summed E-state index contributed by atoms with van der Waals surface area (Å²) in [7, 11) is 0. The number of aryl methyl sites for hydroxylation is 2. The minimum absolute atomic E-state index is 0.00482. The van der Waals surface area contributed by atoms with Gasteiger partial charge in [-0.1, -0.05) is 0 Å². The van der Waals surface area contributed by atoms with Crippen molar-refractivity contribution in [3.8, 4) is 0 Å². The molecule has 2 aliphatic heterocycles. The van der Waals surface area contributed by atoms with Crippen LogP contribution in [0.25, 0.3) is 10.2 Å². The van der Waals surface area contributed by atoms with Crippen molar-refractivity contribution in [2.45, 2.75) is 58.9 Å². The molecule has 0 aliphatic carbocycles. The lowest BCUT2D eigenvalue weighted by Crippen LogP contribution is -2.48. The highest BCUT2D eigenvalue weighted by atomic mass is 32.1. The molecule has 1 atom stereocenters. The summed E-state index contributed by atoms with van der Waals surface area (Å²) >= 11 is 1.39. The first-order valence-corrected chi connectivity index (χ1v) is 11.4. The molecule has 0 spiro atoms. The van der Waals surface area contributed by atoms with Gasteiger partial charge >= 0.3 is 0 Å². The first kappa shape index (κ1) is 20.1. The predicted octanol–water partition coefficient (Wildman–Crippen LogP) is 3.04. The number of nitrogens with one attached hydrogen (secondary N) is 1. The average molecular weight is 416 g/mol. The van der Waals surface area contributed by atoms with Crippen molar-refractivity contribution in [3.05, 3.63) is 16.3 Å². The fourth-order valence-corrected chi connectivity index (χ4v) is 5.43. The highest BCUT2D eigenvalue weighted by molar-refractivity contribution is 7.20. The van der Waals surface area contributed by atoms with Crippen LogP contribution < -0.4 is 10.2 Å². The summed E-state index contributed by atoms with van der Waals surface area (Å²) in [5.74, 6) is 1.47. The third kappa shape index (κ3) is 3.95. The lowest BCUT2D eigenvalue weighted by molar-refractivity contribution is -0.133. The van der Waals surface area contributed by atoms with Crippen LogP contribution in [0.3, 0.4) is 0 Å². The van der Waals surface area contributed by atoms with E-state index in [1.165, 1.54) is 17.8 Å². The Morgan fingerprint density at radius 3 is 2.34 bits per heavy atom. The number of hydrogen-bond donors (Lipinski definition) is 1. The quantitative estimate of drug-likeness (QED) is 0.830. The Kier molecular flexibility index (Phi) is 5.72. The van der Waals surface area contributed by atoms with Gasteiger partial charge in [-0.25, -0.2) is 9.97 Å². The van der Waals surface area contributed by atoms with Gasteiger partial charge in [-0.05, 0) is 58.4 Å². The molecule has 0 saturated carbocycles. The lowest BCUT2D eigenvalue weighted by atomic mass is 10.1. The van der Waals surface area contributed by atoms with Crippen LogP contribution >= 0.6 is 11.3 Å². The zero-order chi connectivity index (χ0) is 20.5. The van der Waals surface area contributed by atoms with E-state index >= 15 is 0 Å². The van der Waals surface area contributed by atoms with Crippen molar-refractivity contribution < 1.29 is 9.59 Å². The Morgan fingerprint density at radius 2 is 1.66 bits per heavy atom. The normalized spacial score (nSPS) is 18.3. The van der Waals surface area contributed by atoms with E-state index in [2.05, 4.69) is 15.2 Å². The summed E-state index contributed by atoms with van der Waals surface area (Å²) in [6.07, 6.45) is 5.58. The summed E-state index contributed by atoms with van der Waals surface area (Å²) in [6.45, 7) is 9.19. The molecule has 2 aromatic rings. The van der Waals surface area contributed by atoms with Gasteiger partial charge in [0.15, 0.2) is 0 Å². The number of likely N-dealkylation sites (tertiary alicyclic amines) is 1. The van der Waals surface area contributed by atoms with Crippen LogP contribution in [0.15, 0.2) is 0 Å². The first-order valence-electron chi connectivity index (χ1n) is 10.6. The molecule has 2 aliphatic rings. The molecule has 0 bridgehead atoms. The second kappa shape index (κ2) is 8.26.